The molecule has 1 atom stereocenters. The van der Waals surface area contributed by atoms with Crippen molar-refractivity contribution >= 4 is 17.3 Å². The van der Waals surface area contributed by atoms with Crippen molar-refractivity contribution in [2.75, 3.05) is 17.6 Å². The molecule has 2 rings (SSSR count). The summed E-state index contributed by atoms with van der Waals surface area (Å²) in [5.74, 6) is 0.158. The molecule has 0 aromatic heterocycles. The lowest BCUT2D eigenvalue weighted by Gasteiger charge is -2.26. The first-order valence-electron chi connectivity index (χ1n) is 6.50. The molecule has 1 amide bonds. The van der Waals surface area contributed by atoms with E-state index >= 15 is 0 Å². The van der Waals surface area contributed by atoms with E-state index in [2.05, 4.69) is 5.32 Å². The Bertz CT molecular complexity index is 441. The Labute approximate surface area is 108 Å². The van der Waals surface area contributed by atoms with E-state index in [1.807, 2.05) is 18.2 Å². The average Bonchev–Trinajstić information content (AvgIpc) is 2.27. The number of nitrogens with one attached hydrogen (secondary N) is 1. The molecule has 0 heterocycles. The van der Waals surface area contributed by atoms with Crippen molar-refractivity contribution in [1.29, 1.82) is 0 Å². The third-order valence-electron chi connectivity index (χ3n) is 3.81. The van der Waals surface area contributed by atoms with E-state index in [0.29, 0.717) is 5.69 Å². The minimum Gasteiger partial charge on any atom is -0.397 e. The number of hydrogen-bond acceptors (Lipinski definition) is 3. The number of carbonyl (C=O) groups is 1. The highest BCUT2D eigenvalue weighted by Crippen LogP contribution is 2.29. The lowest BCUT2D eigenvalue weighted by Crippen LogP contribution is -2.21. The number of amides is 1. The number of primary amides is 1. The summed E-state index contributed by atoms with van der Waals surface area (Å²) in [4.78, 5) is 11.1. The largest absolute Gasteiger partial charge is 0.397 e. The standard InChI is InChI=1S/C14H21N3O/c1-9(14(16)18)11-5-6-13(12(15)7-11)17-8-10-3-2-4-10/h5-7,9-10,17H,2-4,8,15H2,1H3,(H2,16,18). The van der Waals surface area contributed by atoms with Crippen LogP contribution in [0, 0.1) is 5.92 Å². The molecule has 1 aromatic carbocycles. The van der Waals surface area contributed by atoms with Gasteiger partial charge in [-0.3, -0.25) is 4.79 Å². The summed E-state index contributed by atoms with van der Waals surface area (Å²) in [5, 5.41) is 3.37. The van der Waals surface area contributed by atoms with Gasteiger partial charge in [-0.15, -0.1) is 0 Å². The van der Waals surface area contributed by atoms with Crippen molar-refractivity contribution < 1.29 is 4.79 Å². The molecule has 0 bridgehead atoms. The van der Waals surface area contributed by atoms with Gasteiger partial charge in [-0.2, -0.15) is 0 Å². The molecule has 0 aliphatic heterocycles. The van der Waals surface area contributed by atoms with Gasteiger partial charge in [0.15, 0.2) is 0 Å². The highest BCUT2D eigenvalue weighted by atomic mass is 16.1. The van der Waals surface area contributed by atoms with Gasteiger partial charge in [-0.05, 0) is 43.4 Å². The molecule has 1 fully saturated rings. The Morgan fingerprint density at radius 3 is 2.72 bits per heavy atom. The molecule has 98 valence electrons. The minimum absolute atomic E-state index is 0.298. The lowest BCUT2D eigenvalue weighted by molar-refractivity contribution is -0.119. The molecule has 0 saturated heterocycles. The Hall–Kier alpha value is -1.71. The van der Waals surface area contributed by atoms with Crippen molar-refractivity contribution in [1.82, 2.24) is 0 Å². The number of benzene rings is 1. The summed E-state index contributed by atoms with van der Waals surface area (Å²) in [7, 11) is 0. The second-order valence-corrected chi connectivity index (χ2v) is 5.15. The molecule has 0 spiro atoms. The fourth-order valence-electron chi connectivity index (χ4n) is 2.13. The summed E-state index contributed by atoms with van der Waals surface area (Å²) in [6.07, 6.45) is 3.96. The zero-order chi connectivity index (χ0) is 13.1. The van der Waals surface area contributed by atoms with Gasteiger partial charge in [-0.1, -0.05) is 12.5 Å². The molecular weight excluding hydrogens is 226 g/mol. The van der Waals surface area contributed by atoms with Gasteiger partial charge in [0, 0.05) is 6.54 Å². The molecule has 1 saturated carbocycles. The molecular formula is C14H21N3O. The van der Waals surface area contributed by atoms with Crippen LogP contribution in [0.3, 0.4) is 0 Å². The smallest absolute Gasteiger partial charge is 0.224 e. The summed E-state index contributed by atoms with van der Waals surface area (Å²) < 4.78 is 0. The topological polar surface area (TPSA) is 81.1 Å². The van der Waals surface area contributed by atoms with Crippen LogP contribution in [0.25, 0.3) is 0 Å². The van der Waals surface area contributed by atoms with Gasteiger partial charge in [0.25, 0.3) is 0 Å². The third-order valence-corrected chi connectivity index (χ3v) is 3.81. The molecule has 18 heavy (non-hydrogen) atoms. The monoisotopic (exact) mass is 247 g/mol. The SMILES string of the molecule is CC(C(N)=O)c1ccc(NCC2CCC2)c(N)c1. The van der Waals surface area contributed by atoms with Crippen LogP contribution in [0.5, 0.6) is 0 Å². The maximum atomic E-state index is 11.1. The van der Waals surface area contributed by atoms with Crippen LogP contribution < -0.4 is 16.8 Å². The Kier molecular flexibility index (Phi) is 3.75. The normalized spacial score (nSPS) is 16.9. The number of nitrogen functional groups attached to an aromatic ring is 1. The second-order valence-electron chi connectivity index (χ2n) is 5.15. The number of nitrogens with two attached hydrogens (primary N) is 2. The maximum Gasteiger partial charge on any atom is 0.224 e. The Balaban J connectivity index is 2.02. The summed E-state index contributed by atoms with van der Waals surface area (Å²) in [5.41, 5.74) is 13.8. The van der Waals surface area contributed by atoms with Crippen molar-refractivity contribution in [3.8, 4) is 0 Å². The fraction of sp³-hybridized carbons (Fsp3) is 0.500. The zero-order valence-corrected chi connectivity index (χ0v) is 10.8. The Morgan fingerprint density at radius 2 is 2.22 bits per heavy atom. The number of hydrogen-bond donors (Lipinski definition) is 3. The zero-order valence-electron chi connectivity index (χ0n) is 10.8. The molecule has 1 aliphatic rings. The molecule has 1 unspecified atom stereocenters. The van der Waals surface area contributed by atoms with E-state index in [1.54, 1.807) is 6.92 Å². The van der Waals surface area contributed by atoms with Crippen LogP contribution in [-0.4, -0.2) is 12.5 Å². The first-order valence-corrected chi connectivity index (χ1v) is 6.50. The number of carbonyl (C=O) groups excluding carboxylic acids is 1. The van der Waals surface area contributed by atoms with Gasteiger partial charge in [0.2, 0.25) is 5.91 Å². The van der Waals surface area contributed by atoms with Gasteiger partial charge in [0.05, 0.1) is 17.3 Å². The summed E-state index contributed by atoms with van der Waals surface area (Å²) in [6.45, 7) is 2.77. The minimum atomic E-state index is -0.329. The average molecular weight is 247 g/mol. The summed E-state index contributed by atoms with van der Waals surface area (Å²) in [6, 6.07) is 5.68. The van der Waals surface area contributed by atoms with Crippen LogP contribution >= 0.6 is 0 Å². The highest BCUT2D eigenvalue weighted by Gasteiger charge is 2.17. The van der Waals surface area contributed by atoms with E-state index in [9.17, 15) is 4.79 Å². The van der Waals surface area contributed by atoms with Crippen molar-refractivity contribution in [3.05, 3.63) is 23.8 Å². The predicted octanol–water partition coefficient (Wildman–Crippen LogP) is 2.07. The number of rotatable bonds is 5. The van der Waals surface area contributed by atoms with Gasteiger partial charge < -0.3 is 16.8 Å². The second kappa shape index (κ2) is 5.29. The molecule has 5 N–H and O–H groups in total. The van der Waals surface area contributed by atoms with Crippen LogP contribution in [-0.2, 0) is 4.79 Å². The Morgan fingerprint density at radius 1 is 1.50 bits per heavy atom. The van der Waals surface area contributed by atoms with Crippen molar-refractivity contribution in [3.63, 3.8) is 0 Å². The lowest BCUT2D eigenvalue weighted by atomic mass is 9.85. The summed E-state index contributed by atoms with van der Waals surface area (Å²) >= 11 is 0. The maximum absolute atomic E-state index is 11.1. The van der Waals surface area contributed by atoms with Gasteiger partial charge in [-0.25, -0.2) is 0 Å². The molecule has 1 aromatic rings. The first kappa shape index (κ1) is 12.7. The van der Waals surface area contributed by atoms with Crippen LogP contribution in [0.2, 0.25) is 0 Å². The molecule has 0 radical (unpaired) electrons. The third kappa shape index (κ3) is 2.75. The number of anilines is 2. The molecule has 1 aliphatic carbocycles. The van der Waals surface area contributed by atoms with Crippen LogP contribution in [0.4, 0.5) is 11.4 Å². The van der Waals surface area contributed by atoms with Gasteiger partial charge in [0.1, 0.15) is 0 Å². The van der Waals surface area contributed by atoms with E-state index in [4.69, 9.17) is 11.5 Å². The first-order chi connectivity index (χ1) is 8.58. The predicted molar refractivity (Wildman–Crippen MR) is 74.3 cm³/mol. The van der Waals surface area contributed by atoms with Crippen LogP contribution in [0.15, 0.2) is 18.2 Å². The molecule has 4 nitrogen and oxygen atoms in total. The molecule has 4 heteroatoms. The van der Waals surface area contributed by atoms with Crippen molar-refractivity contribution in [2.45, 2.75) is 32.1 Å². The van der Waals surface area contributed by atoms with Gasteiger partial charge >= 0.3 is 0 Å². The highest BCUT2D eigenvalue weighted by molar-refractivity contribution is 5.82. The van der Waals surface area contributed by atoms with E-state index in [0.717, 1.165) is 23.7 Å². The van der Waals surface area contributed by atoms with E-state index < -0.39 is 0 Å². The quantitative estimate of drug-likeness (QED) is 0.697. The van der Waals surface area contributed by atoms with Crippen LogP contribution in [0.1, 0.15) is 37.7 Å². The fourth-order valence-corrected chi connectivity index (χ4v) is 2.13. The van der Waals surface area contributed by atoms with E-state index in [1.165, 1.54) is 19.3 Å². The van der Waals surface area contributed by atoms with Crippen molar-refractivity contribution in [2.24, 2.45) is 11.7 Å². The van der Waals surface area contributed by atoms with E-state index in [-0.39, 0.29) is 11.8 Å².